The topological polar surface area (TPSA) is 71.8 Å². The molecule has 2 N–H and O–H groups in total. The zero-order valence-corrected chi connectivity index (χ0v) is 18.6. The Labute approximate surface area is 177 Å². The first-order valence-electron chi connectivity index (χ1n) is 9.55. The second-order valence-electron chi connectivity index (χ2n) is 7.36. The van der Waals surface area contributed by atoms with Gasteiger partial charge in [-0.2, -0.15) is 0 Å². The van der Waals surface area contributed by atoms with Gasteiger partial charge in [-0.05, 0) is 57.8 Å². The molecule has 2 heterocycles. The molecule has 0 aliphatic carbocycles. The summed E-state index contributed by atoms with van der Waals surface area (Å²) >= 11 is 1.45. The molecule has 1 aromatic heterocycles. The summed E-state index contributed by atoms with van der Waals surface area (Å²) in [5, 5.41) is 16.0. The van der Waals surface area contributed by atoms with Crippen molar-refractivity contribution in [2.45, 2.75) is 50.7 Å². The Morgan fingerprint density at radius 3 is 2.75 bits per heavy atom. The molecule has 28 heavy (non-hydrogen) atoms. The van der Waals surface area contributed by atoms with Crippen molar-refractivity contribution < 1.29 is 4.79 Å². The summed E-state index contributed by atoms with van der Waals surface area (Å²) in [7, 11) is 2.00. The van der Waals surface area contributed by atoms with Gasteiger partial charge in [-0.15, -0.1) is 22.6 Å². The zero-order chi connectivity index (χ0) is 19.4. The molecule has 1 aliphatic heterocycles. The summed E-state index contributed by atoms with van der Waals surface area (Å²) in [4.78, 5) is 12.4. The predicted octanol–water partition coefficient (Wildman–Crippen LogP) is 3.29. The number of halogens is 1. The van der Waals surface area contributed by atoms with Gasteiger partial charge in [0.15, 0.2) is 5.16 Å². The van der Waals surface area contributed by atoms with Gasteiger partial charge in [-0.1, -0.05) is 35.5 Å². The average Bonchev–Trinajstić information content (AvgIpc) is 3.03. The number of hydrogen-bond donors (Lipinski definition) is 2. The molecule has 1 aliphatic rings. The first-order valence-corrected chi connectivity index (χ1v) is 10.5. The van der Waals surface area contributed by atoms with Crippen LogP contribution >= 0.6 is 24.2 Å². The Kier molecular flexibility index (Phi) is 8.34. The van der Waals surface area contributed by atoms with Crippen LogP contribution in [0, 0.1) is 13.8 Å². The van der Waals surface area contributed by atoms with Crippen LogP contribution in [0.2, 0.25) is 0 Å². The van der Waals surface area contributed by atoms with E-state index in [-0.39, 0.29) is 24.4 Å². The molecule has 0 spiro atoms. The molecule has 0 saturated carbocycles. The van der Waals surface area contributed by atoms with E-state index in [0.29, 0.717) is 11.7 Å². The largest absolute Gasteiger partial charge is 0.349 e. The maximum atomic E-state index is 12.4. The lowest BCUT2D eigenvalue weighted by Crippen LogP contribution is -2.29. The average molecular weight is 424 g/mol. The van der Waals surface area contributed by atoms with Crippen LogP contribution in [-0.2, 0) is 11.8 Å². The van der Waals surface area contributed by atoms with E-state index in [1.807, 2.05) is 18.5 Å². The Bertz CT molecular complexity index is 804. The fourth-order valence-corrected chi connectivity index (χ4v) is 4.33. The minimum Gasteiger partial charge on any atom is -0.349 e. The Morgan fingerprint density at radius 1 is 1.32 bits per heavy atom. The molecular formula is C20H30ClN5OS. The standard InChI is InChI=1S/C20H29N5OS.ClH/c1-13-5-6-14(2)17(11-13)15(3)22-18(26)12-27-20-24-23-19(25(20)4)16-7-9-21-10-8-16;/h5-6,11,15-16,21H,7-10,12H2,1-4H3,(H,22,26);1H. The van der Waals surface area contributed by atoms with E-state index in [2.05, 4.69) is 52.9 Å². The second-order valence-corrected chi connectivity index (χ2v) is 8.30. The minimum atomic E-state index is -0.0113. The molecule has 1 aromatic carbocycles. The van der Waals surface area contributed by atoms with Crippen LogP contribution in [0.25, 0.3) is 0 Å². The minimum absolute atomic E-state index is 0. The molecule has 6 nitrogen and oxygen atoms in total. The second kappa shape index (κ2) is 10.3. The zero-order valence-electron chi connectivity index (χ0n) is 17.0. The highest BCUT2D eigenvalue weighted by Crippen LogP contribution is 2.26. The van der Waals surface area contributed by atoms with Gasteiger partial charge >= 0.3 is 0 Å². The van der Waals surface area contributed by atoms with Crippen LogP contribution in [0.15, 0.2) is 23.4 Å². The van der Waals surface area contributed by atoms with Crippen LogP contribution in [-0.4, -0.2) is 39.5 Å². The maximum absolute atomic E-state index is 12.4. The molecule has 1 unspecified atom stereocenters. The van der Waals surface area contributed by atoms with Gasteiger partial charge in [0.25, 0.3) is 0 Å². The van der Waals surface area contributed by atoms with Crippen molar-refractivity contribution in [3.05, 3.63) is 40.7 Å². The lowest BCUT2D eigenvalue weighted by atomic mass is 9.97. The van der Waals surface area contributed by atoms with E-state index < -0.39 is 0 Å². The third kappa shape index (κ3) is 5.49. The molecule has 1 saturated heterocycles. The van der Waals surface area contributed by atoms with E-state index in [9.17, 15) is 4.79 Å². The Hall–Kier alpha value is -1.57. The summed E-state index contributed by atoms with van der Waals surface area (Å²) in [6.45, 7) is 8.23. The van der Waals surface area contributed by atoms with Gasteiger partial charge in [0, 0.05) is 13.0 Å². The van der Waals surface area contributed by atoms with Gasteiger partial charge < -0.3 is 15.2 Å². The quantitative estimate of drug-likeness (QED) is 0.697. The van der Waals surface area contributed by atoms with E-state index in [1.165, 1.54) is 28.5 Å². The van der Waals surface area contributed by atoms with E-state index in [0.717, 1.165) is 36.9 Å². The van der Waals surface area contributed by atoms with Crippen LogP contribution in [0.3, 0.4) is 0 Å². The maximum Gasteiger partial charge on any atom is 0.230 e. The number of aromatic nitrogens is 3. The number of thioether (sulfide) groups is 1. The Balaban J connectivity index is 0.00000280. The van der Waals surface area contributed by atoms with Gasteiger partial charge in [-0.3, -0.25) is 4.79 Å². The smallest absolute Gasteiger partial charge is 0.230 e. The number of carbonyl (C=O) groups excluding carboxylic acids is 1. The number of aryl methyl sites for hydroxylation is 2. The van der Waals surface area contributed by atoms with Crippen LogP contribution in [0.4, 0.5) is 0 Å². The van der Waals surface area contributed by atoms with Crippen molar-refractivity contribution in [1.29, 1.82) is 0 Å². The molecule has 3 rings (SSSR count). The molecule has 2 aromatic rings. The van der Waals surface area contributed by atoms with Gasteiger partial charge in [0.05, 0.1) is 11.8 Å². The molecule has 1 atom stereocenters. The van der Waals surface area contributed by atoms with E-state index in [1.54, 1.807) is 0 Å². The van der Waals surface area contributed by atoms with Gasteiger partial charge in [0.1, 0.15) is 5.82 Å². The molecule has 1 amide bonds. The number of piperidine rings is 1. The predicted molar refractivity (Wildman–Crippen MR) is 116 cm³/mol. The molecule has 0 bridgehead atoms. The lowest BCUT2D eigenvalue weighted by Gasteiger charge is -2.21. The van der Waals surface area contributed by atoms with Crippen LogP contribution in [0.1, 0.15) is 54.2 Å². The normalized spacial score (nSPS) is 15.7. The number of carbonyl (C=O) groups is 1. The Morgan fingerprint density at radius 2 is 2.04 bits per heavy atom. The number of nitrogens with one attached hydrogen (secondary N) is 2. The van der Waals surface area contributed by atoms with Crippen molar-refractivity contribution in [2.75, 3.05) is 18.8 Å². The third-order valence-corrected chi connectivity index (χ3v) is 6.20. The molecule has 8 heteroatoms. The summed E-state index contributed by atoms with van der Waals surface area (Å²) in [5.74, 6) is 1.84. The molecule has 0 radical (unpaired) electrons. The van der Waals surface area contributed by atoms with Crippen LogP contribution < -0.4 is 10.6 Å². The first-order chi connectivity index (χ1) is 13.0. The SMILES string of the molecule is Cc1ccc(C)c(C(C)NC(=O)CSc2nnc(C3CCNCC3)n2C)c1.Cl. The summed E-state index contributed by atoms with van der Waals surface area (Å²) in [6.07, 6.45) is 2.18. The third-order valence-electron chi connectivity index (χ3n) is 5.18. The van der Waals surface area contributed by atoms with Crippen molar-refractivity contribution in [1.82, 2.24) is 25.4 Å². The monoisotopic (exact) mass is 423 g/mol. The molecule has 154 valence electrons. The first kappa shape index (κ1) is 22.7. The highest BCUT2D eigenvalue weighted by Gasteiger charge is 2.22. The highest BCUT2D eigenvalue weighted by molar-refractivity contribution is 7.99. The highest BCUT2D eigenvalue weighted by atomic mass is 35.5. The number of benzene rings is 1. The summed E-state index contributed by atoms with van der Waals surface area (Å²) in [6, 6.07) is 6.32. The fourth-order valence-electron chi connectivity index (χ4n) is 3.60. The van der Waals surface area contributed by atoms with Crippen molar-refractivity contribution in [3.8, 4) is 0 Å². The fraction of sp³-hybridized carbons (Fsp3) is 0.550. The van der Waals surface area contributed by atoms with E-state index >= 15 is 0 Å². The van der Waals surface area contributed by atoms with E-state index in [4.69, 9.17) is 0 Å². The number of amides is 1. The van der Waals surface area contributed by atoms with Gasteiger partial charge in [0.2, 0.25) is 5.91 Å². The number of hydrogen-bond acceptors (Lipinski definition) is 5. The number of nitrogens with zero attached hydrogens (tertiary/aromatic N) is 3. The lowest BCUT2D eigenvalue weighted by molar-refractivity contribution is -0.119. The molecule has 1 fully saturated rings. The summed E-state index contributed by atoms with van der Waals surface area (Å²) in [5.41, 5.74) is 3.57. The van der Waals surface area contributed by atoms with Crippen molar-refractivity contribution >= 4 is 30.1 Å². The molecular weight excluding hydrogens is 394 g/mol. The van der Waals surface area contributed by atoms with Crippen molar-refractivity contribution in [2.24, 2.45) is 7.05 Å². The van der Waals surface area contributed by atoms with Crippen molar-refractivity contribution in [3.63, 3.8) is 0 Å². The van der Waals surface area contributed by atoms with Gasteiger partial charge in [-0.25, -0.2) is 0 Å². The van der Waals surface area contributed by atoms with Crippen LogP contribution in [0.5, 0.6) is 0 Å². The summed E-state index contributed by atoms with van der Waals surface area (Å²) < 4.78 is 2.04. The number of rotatable bonds is 6.